The molecule has 110 valence electrons. The van der Waals surface area contributed by atoms with Crippen molar-refractivity contribution in [1.82, 2.24) is 4.98 Å². The van der Waals surface area contributed by atoms with E-state index in [1.54, 1.807) is 12.3 Å². The Morgan fingerprint density at radius 2 is 2.10 bits per heavy atom. The summed E-state index contributed by atoms with van der Waals surface area (Å²) in [7, 11) is 0. The lowest BCUT2D eigenvalue weighted by molar-refractivity contribution is 0.102. The second kappa shape index (κ2) is 7.22. The lowest BCUT2D eigenvalue weighted by atomic mass is 10.2. The molecule has 0 aliphatic heterocycles. The molecule has 0 aliphatic rings. The van der Waals surface area contributed by atoms with E-state index >= 15 is 0 Å². The van der Waals surface area contributed by atoms with Gasteiger partial charge in [0.05, 0.1) is 11.9 Å². The summed E-state index contributed by atoms with van der Waals surface area (Å²) in [4.78, 5) is 16.4. The van der Waals surface area contributed by atoms with Crippen LogP contribution in [0.25, 0.3) is 0 Å². The number of hydrogen-bond donors (Lipinski definition) is 2. The number of aromatic nitrogens is 1. The van der Waals surface area contributed by atoms with E-state index in [-0.39, 0.29) is 5.91 Å². The number of benzene rings is 1. The Bertz CT molecular complexity index is 626. The number of hydrogen-bond acceptors (Lipinski definition) is 3. The summed E-state index contributed by atoms with van der Waals surface area (Å²) in [6.07, 6.45) is 2.72. The Hall–Kier alpha value is -1.88. The molecule has 5 heteroatoms. The van der Waals surface area contributed by atoms with Crippen molar-refractivity contribution in [2.75, 3.05) is 17.2 Å². The number of pyridine rings is 1. The fraction of sp³-hybridized carbons (Fsp3) is 0.250. The van der Waals surface area contributed by atoms with Crippen molar-refractivity contribution in [1.29, 1.82) is 0 Å². The molecule has 4 nitrogen and oxygen atoms in total. The van der Waals surface area contributed by atoms with Crippen LogP contribution in [0.2, 0.25) is 0 Å². The second-order valence-electron chi connectivity index (χ2n) is 4.77. The molecule has 0 unspecified atom stereocenters. The highest BCUT2D eigenvalue weighted by Crippen LogP contribution is 2.21. The number of amides is 1. The minimum absolute atomic E-state index is 0.210. The van der Waals surface area contributed by atoms with Crippen molar-refractivity contribution in [3.8, 4) is 0 Å². The van der Waals surface area contributed by atoms with E-state index in [2.05, 4.69) is 38.5 Å². The number of halogens is 1. The monoisotopic (exact) mass is 347 g/mol. The molecule has 0 atom stereocenters. The molecule has 0 saturated heterocycles. The maximum Gasteiger partial charge on any atom is 0.274 e. The molecule has 2 N–H and O–H groups in total. The maximum atomic E-state index is 12.2. The molecule has 0 spiro atoms. The third kappa shape index (κ3) is 4.29. The zero-order valence-corrected chi connectivity index (χ0v) is 13.7. The predicted octanol–water partition coefficient (Wildman–Crippen LogP) is 4.23. The molecule has 0 aliphatic carbocycles. The van der Waals surface area contributed by atoms with Gasteiger partial charge in [0.15, 0.2) is 0 Å². The smallest absolute Gasteiger partial charge is 0.274 e. The first-order valence-electron chi connectivity index (χ1n) is 6.87. The van der Waals surface area contributed by atoms with Gasteiger partial charge in [0.2, 0.25) is 0 Å². The highest BCUT2D eigenvalue weighted by molar-refractivity contribution is 9.10. The van der Waals surface area contributed by atoms with Crippen LogP contribution < -0.4 is 10.6 Å². The van der Waals surface area contributed by atoms with Gasteiger partial charge in [-0.15, -0.1) is 0 Å². The molecule has 0 saturated carbocycles. The third-order valence-electron chi connectivity index (χ3n) is 3.02. The van der Waals surface area contributed by atoms with Crippen molar-refractivity contribution in [2.45, 2.75) is 20.3 Å². The van der Waals surface area contributed by atoms with Gasteiger partial charge in [-0.05, 0) is 43.2 Å². The van der Waals surface area contributed by atoms with Gasteiger partial charge < -0.3 is 10.6 Å². The zero-order valence-electron chi connectivity index (χ0n) is 12.1. The largest absolute Gasteiger partial charge is 0.384 e. The molecule has 1 aromatic carbocycles. The molecule has 0 bridgehead atoms. The lowest BCUT2D eigenvalue weighted by Gasteiger charge is -2.09. The molecule has 1 heterocycles. The Morgan fingerprint density at radius 1 is 1.29 bits per heavy atom. The molecular formula is C16H18BrN3O. The normalized spacial score (nSPS) is 10.2. The van der Waals surface area contributed by atoms with E-state index in [4.69, 9.17) is 0 Å². The van der Waals surface area contributed by atoms with Gasteiger partial charge in [-0.25, -0.2) is 4.98 Å². The van der Waals surface area contributed by atoms with Gasteiger partial charge in [0.25, 0.3) is 5.91 Å². The van der Waals surface area contributed by atoms with E-state index in [1.165, 1.54) is 0 Å². The van der Waals surface area contributed by atoms with Gasteiger partial charge in [0, 0.05) is 16.7 Å². The van der Waals surface area contributed by atoms with Gasteiger partial charge in [0.1, 0.15) is 5.69 Å². The van der Waals surface area contributed by atoms with Crippen LogP contribution in [0.15, 0.2) is 41.0 Å². The fourth-order valence-corrected chi connectivity index (χ4v) is 2.18. The Kier molecular flexibility index (Phi) is 5.33. The number of rotatable bonds is 5. The lowest BCUT2D eigenvalue weighted by Crippen LogP contribution is -2.14. The molecule has 1 aromatic heterocycles. The number of aryl methyl sites for hydroxylation is 1. The van der Waals surface area contributed by atoms with Crippen LogP contribution >= 0.6 is 15.9 Å². The molecule has 2 aromatic rings. The molecule has 1 amide bonds. The molecule has 21 heavy (non-hydrogen) atoms. The van der Waals surface area contributed by atoms with Crippen LogP contribution in [-0.4, -0.2) is 17.4 Å². The summed E-state index contributed by atoms with van der Waals surface area (Å²) in [6.45, 7) is 4.94. The average molecular weight is 348 g/mol. The second-order valence-corrected chi connectivity index (χ2v) is 5.69. The summed E-state index contributed by atoms with van der Waals surface area (Å²) < 4.78 is 0.926. The van der Waals surface area contributed by atoms with E-state index in [0.717, 1.165) is 34.4 Å². The number of nitrogens with zero attached hydrogens (tertiary/aromatic N) is 1. The van der Waals surface area contributed by atoms with E-state index in [1.807, 2.05) is 31.2 Å². The topological polar surface area (TPSA) is 54.0 Å². The first kappa shape index (κ1) is 15.5. The zero-order chi connectivity index (χ0) is 15.2. The Labute approximate surface area is 133 Å². The molecule has 2 rings (SSSR count). The van der Waals surface area contributed by atoms with Crippen LogP contribution in [0.5, 0.6) is 0 Å². The van der Waals surface area contributed by atoms with Crippen molar-refractivity contribution in [3.63, 3.8) is 0 Å². The predicted molar refractivity (Wildman–Crippen MR) is 89.8 cm³/mol. The van der Waals surface area contributed by atoms with Crippen molar-refractivity contribution < 1.29 is 4.79 Å². The Morgan fingerprint density at radius 3 is 2.76 bits per heavy atom. The minimum Gasteiger partial charge on any atom is -0.384 e. The van der Waals surface area contributed by atoms with E-state index in [9.17, 15) is 4.79 Å². The number of carbonyl (C=O) groups is 1. The minimum atomic E-state index is -0.210. The summed E-state index contributed by atoms with van der Waals surface area (Å²) in [5, 5.41) is 6.10. The van der Waals surface area contributed by atoms with Gasteiger partial charge in [-0.2, -0.15) is 0 Å². The SMILES string of the molecule is CCCNc1ccc(C(=O)Nc2cc(Br)ccc2C)nc1. The highest BCUT2D eigenvalue weighted by Gasteiger charge is 2.09. The molecule has 0 radical (unpaired) electrons. The Balaban J connectivity index is 2.07. The molecular weight excluding hydrogens is 330 g/mol. The van der Waals surface area contributed by atoms with Crippen LogP contribution in [0, 0.1) is 6.92 Å². The number of nitrogens with one attached hydrogen (secondary N) is 2. The maximum absolute atomic E-state index is 12.2. The summed E-state index contributed by atoms with van der Waals surface area (Å²) in [6, 6.07) is 9.36. The van der Waals surface area contributed by atoms with Crippen LogP contribution in [-0.2, 0) is 0 Å². The van der Waals surface area contributed by atoms with Crippen molar-refractivity contribution >= 4 is 33.2 Å². The summed E-state index contributed by atoms with van der Waals surface area (Å²) >= 11 is 3.40. The van der Waals surface area contributed by atoms with E-state index in [0.29, 0.717) is 5.69 Å². The van der Waals surface area contributed by atoms with Crippen molar-refractivity contribution in [3.05, 3.63) is 52.3 Å². The van der Waals surface area contributed by atoms with Crippen LogP contribution in [0.4, 0.5) is 11.4 Å². The summed E-state index contributed by atoms with van der Waals surface area (Å²) in [5.74, 6) is -0.210. The van der Waals surface area contributed by atoms with Gasteiger partial charge >= 0.3 is 0 Å². The fourth-order valence-electron chi connectivity index (χ4n) is 1.82. The standard InChI is InChI=1S/C16H18BrN3O/c1-3-8-18-13-6-7-14(19-10-13)16(21)20-15-9-12(17)5-4-11(15)2/h4-7,9-10,18H,3,8H2,1-2H3,(H,20,21). The average Bonchev–Trinajstić information content (AvgIpc) is 2.49. The van der Waals surface area contributed by atoms with Crippen molar-refractivity contribution in [2.24, 2.45) is 0 Å². The first-order valence-corrected chi connectivity index (χ1v) is 7.67. The summed E-state index contributed by atoms with van der Waals surface area (Å²) in [5.41, 5.74) is 3.11. The van der Waals surface area contributed by atoms with Gasteiger partial charge in [-0.3, -0.25) is 4.79 Å². The van der Waals surface area contributed by atoms with Crippen LogP contribution in [0.3, 0.4) is 0 Å². The van der Waals surface area contributed by atoms with E-state index < -0.39 is 0 Å². The molecule has 0 fully saturated rings. The quantitative estimate of drug-likeness (QED) is 0.850. The number of carbonyl (C=O) groups excluding carboxylic acids is 1. The van der Waals surface area contributed by atoms with Crippen LogP contribution in [0.1, 0.15) is 29.4 Å². The third-order valence-corrected chi connectivity index (χ3v) is 3.52. The van der Waals surface area contributed by atoms with Gasteiger partial charge in [-0.1, -0.05) is 28.9 Å². The first-order chi connectivity index (χ1) is 10.1. The number of anilines is 2. The highest BCUT2D eigenvalue weighted by atomic mass is 79.9.